The quantitative estimate of drug-likeness (QED) is 0.160. The van der Waals surface area contributed by atoms with Gasteiger partial charge in [-0.05, 0) is 6.42 Å². The summed E-state index contributed by atoms with van der Waals surface area (Å²) in [6.07, 6.45) is 25.9. The van der Waals surface area contributed by atoms with E-state index in [4.69, 9.17) is 0 Å². The van der Waals surface area contributed by atoms with E-state index in [0.29, 0.717) is 6.42 Å². The number of rotatable bonds is 21. The zero-order valence-electron chi connectivity index (χ0n) is 18.5. The molecule has 5 heteroatoms. The molecule has 0 heterocycles. The summed E-state index contributed by atoms with van der Waals surface area (Å²) in [6.45, 7) is 2.28. The van der Waals surface area contributed by atoms with Gasteiger partial charge >= 0.3 is 29.6 Å². The summed E-state index contributed by atoms with van der Waals surface area (Å²) in [5.41, 5.74) is 0. The fourth-order valence-corrected chi connectivity index (χ4v) is 4.09. The number of hydrogen-bond acceptors (Lipinski definition) is 3. The van der Waals surface area contributed by atoms with Crippen molar-refractivity contribution >= 4 is 10.1 Å². The maximum absolute atomic E-state index is 10.5. The molecule has 0 spiro atoms. The minimum Gasteiger partial charge on any atom is -0.748 e. The van der Waals surface area contributed by atoms with Crippen molar-refractivity contribution in [2.45, 2.75) is 135 Å². The molecule has 0 N–H and O–H groups in total. The SMILES string of the molecule is CCCCCCCCCCCCCCCCCCCCCCS(=O)(=O)[O-].[Na+]. The van der Waals surface area contributed by atoms with Crippen LogP contribution in [-0.4, -0.2) is 18.7 Å². The summed E-state index contributed by atoms with van der Waals surface area (Å²) >= 11 is 0. The first-order valence-corrected chi connectivity index (χ1v) is 13.1. The van der Waals surface area contributed by atoms with Crippen LogP contribution in [0, 0.1) is 0 Å². The molecule has 0 aliphatic carbocycles. The van der Waals surface area contributed by atoms with E-state index < -0.39 is 10.1 Å². The Kier molecular flexibility index (Phi) is 25.9. The van der Waals surface area contributed by atoms with Gasteiger partial charge in [0.2, 0.25) is 0 Å². The maximum Gasteiger partial charge on any atom is 1.00 e. The predicted octanol–water partition coefficient (Wildman–Crippen LogP) is 4.36. The molecule has 0 radical (unpaired) electrons. The molecule has 0 fully saturated rings. The van der Waals surface area contributed by atoms with Gasteiger partial charge in [-0.25, -0.2) is 8.42 Å². The Bertz CT molecular complexity index is 372. The molecule has 0 unspecified atom stereocenters. The van der Waals surface area contributed by atoms with E-state index in [2.05, 4.69) is 6.92 Å². The molecular formula is C22H45NaO3S. The van der Waals surface area contributed by atoms with Crippen LogP contribution >= 0.6 is 0 Å². The van der Waals surface area contributed by atoms with Crippen molar-refractivity contribution in [3.8, 4) is 0 Å². The molecule has 3 nitrogen and oxygen atoms in total. The Morgan fingerprint density at radius 3 is 0.926 bits per heavy atom. The molecule has 0 rings (SSSR count). The molecule has 0 atom stereocenters. The minimum atomic E-state index is -4.00. The fourth-order valence-electron chi connectivity index (χ4n) is 3.53. The molecule has 158 valence electrons. The second-order valence-corrected chi connectivity index (χ2v) is 9.50. The van der Waals surface area contributed by atoms with Crippen LogP contribution in [0.25, 0.3) is 0 Å². The van der Waals surface area contributed by atoms with E-state index in [1.807, 2.05) is 0 Å². The first-order valence-electron chi connectivity index (χ1n) is 11.5. The molecule has 0 amide bonds. The summed E-state index contributed by atoms with van der Waals surface area (Å²) in [7, 11) is -4.00. The van der Waals surface area contributed by atoms with Gasteiger partial charge in [0, 0.05) is 5.75 Å². The molecule has 0 aliphatic rings. The summed E-state index contributed by atoms with van der Waals surface area (Å²) in [5, 5.41) is 0. The fraction of sp³-hybridized carbons (Fsp3) is 1.00. The topological polar surface area (TPSA) is 57.2 Å². The van der Waals surface area contributed by atoms with Crippen LogP contribution in [0.4, 0.5) is 0 Å². The van der Waals surface area contributed by atoms with Crippen LogP contribution < -0.4 is 29.6 Å². The average molecular weight is 413 g/mol. The Labute approximate surface area is 192 Å². The third kappa shape index (κ3) is 29.2. The smallest absolute Gasteiger partial charge is 0.748 e. The second-order valence-electron chi connectivity index (χ2n) is 7.98. The van der Waals surface area contributed by atoms with Crippen molar-refractivity contribution in [3.05, 3.63) is 0 Å². The van der Waals surface area contributed by atoms with Crippen molar-refractivity contribution < 1.29 is 42.5 Å². The minimum absolute atomic E-state index is 0. The first-order chi connectivity index (χ1) is 12.6. The Morgan fingerprint density at radius 2 is 0.704 bits per heavy atom. The van der Waals surface area contributed by atoms with Crippen LogP contribution in [0.15, 0.2) is 0 Å². The molecule has 0 bridgehead atoms. The molecule has 0 saturated carbocycles. The molecule has 0 aromatic carbocycles. The zero-order valence-corrected chi connectivity index (χ0v) is 21.3. The van der Waals surface area contributed by atoms with Crippen LogP contribution in [0.3, 0.4) is 0 Å². The van der Waals surface area contributed by atoms with Crippen LogP contribution in [0.1, 0.15) is 135 Å². The van der Waals surface area contributed by atoms with Gasteiger partial charge in [0.1, 0.15) is 0 Å². The summed E-state index contributed by atoms with van der Waals surface area (Å²) in [6, 6.07) is 0. The van der Waals surface area contributed by atoms with Crippen molar-refractivity contribution in [2.75, 3.05) is 5.75 Å². The Morgan fingerprint density at radius 1 is 0.481 bits per heavy atom. The molecule has 0 aromatic rings. The molecule has 0 aromatic heterocycles. The molecular weight excluding hydrogens is 367 g/mol. The van der Waals surface area contributed by atoms with Crippen LogP contribution in [-0.2, 0) is 10.1 Å². The van der Waals surface area contributed by atoms with Gasteiger partial charge in [0.05, 0.1) is 10.1 Å². The van der Waals surface area contributed by atoms with E-state index in [9.17, 15) is 13.0 Å². The summed E-state index contributed by atoms with van der Waals surface area (Å²) < 4.78 is 31.4. The monoisotopic (exact) mass is 412 g/mol. The first kappa shape index (κ1) is 30.1. The van der Waals surface area contributed by atoms with Gasteiger partial charge < -0.3 is 4.55 Å². The van der Waals surface area contributed by atoms with Crippen molar-refractivity contribution in [3.63, 3.8) is 0 Å². The normalized spacial score (nSPS) is 11.5. The third-order valence-electron chi connectivity index (χ3n) is 5.25. The van der Waals surface area contributed by atoms with Crippen molar-refractivity contribution in [1.29, 1.82) is 0 Å². The van der Waals surface area contributed by atoms with Crippen molar-refractivity contribution in [1.82, 2.24) is 0 Å². The standard InChI is InChI=1S/C22H46O3S.Na/c1-2-3-4-5-6-7-8-9-10-11-12-13-14-15-16-17-18-19-20-21-22-26(23,24)25;/h2-22H2,1H3,(H,23,24,25);/q;+1/p-1. The average Bonchev–Trinajstić information content (AvgIpc) is 2.59. The van der Waals surface area contributed by atoms with Gasteiger partial charge in [0.15, 0.2) is 0 Å². The molecule has 27 heavy (non-hydrogen) atoms. The van der Waals surface area contributed by atoms with E-state index in [1.165, 1.54) is 109 Å². The van der Waals surface area contributed by atoms with Gasteiger partial charge in [0.25, 0.3) is 0 Å². The summed E-state index contributed by atoms with van der Waals surface area (Å²) in [5.74, 6) is -0.189. The molecule has 0 saturated heterocycles. The second kappa shape index (κ2) is 23.2. The Balaban J connectivity index is 0. The Hall–Kier alpha value is 0.910. The van der Waals surface area contributed by atoms with Gasteiger partial charge in [-0.15, -0.1) is 0 Å². The number of hydrogen-bond donors (Lipinski definition) is 0. The third-order valence-corrected chi connectivity index (χ3v) is 6.04. The largest absolute Gasteiger partial charge is 1.00 e. The van der Waals surface area contributed by atoms with Gasteiger partial charge in [-0.2, -0.15) is 0 Å². The van der Waals surface area contributed by atoms with Crippen molar-refractivity contribution in [2.24, 2.45) is 0 Å². The van der Waals surface area contributed by atoms with Gasteiger partial charge in [-0.3, -0.25) is 0 Å². The maximum atomic E-state index is 10.5. The van der Waals surface area contributed by atoms with E-state index in [-0.39, 0.29) is 35.3 Å². The molecule has 0 aliphatic heterocycles. The van der Waals surface area contributed by atoms with E-state index in [1.54, 1.807) is 0 Å². The predicted molar refractivity (Wildman–Crippen MR) is 113 cm³/mol. The van der Waals surface area contributed by atoms with E-state index >= 15 is 0 Å². The van der Waals surface area contributed by atoms with Crippen LogP contribution in [0.5, 0.6) is 0 Å². The van der Waals surface area contributed by atoms with Crippen LogP contribution in [0.2, 0.25) is 0 Å². The van der Waals surface area contributed by atoms with E-state index in [0.717, 1.165) is 12.8 Å². The zero-order chi connectivity index (χ0) is 19.3. The summed E-state index contributed by atoms with van der Waals surface area (Å²) in [4.78, 5) is 0. The van der Waals surface area contributed by atoms with Gasteiger partial charge in [-0.1, -0.05) is 129 Å². The number of unbranched alkanes of at least 4 members (excludes halogenated alkanes) is 19.